The number of nitrogens with zero attached hydrogens (tertiary/aromatic N) is 1. The minimum Gasteiger partial charge on any atom is -0.397 e. The third-order valence-electron chi connectivity index (χ3n) is 4.08. The van der Waals surface area contributed by atoms with Crippen LogP contribution in [0.4, 0.5) is 5.69 Å². The summed E-state index contributed by atoms with van der Waals surface area (Å²) < 4.78 is 0. The number of hydrogen-bond donors (Lipinski definition) is 2. The summed E-state index contributed by atoms with van der Waals surface area (Å²) in [6.45, 7) is 2.13. The Hall–Kier alpha value is -1.62. The molecular weight excluding hydrogens is 270 g/mol. The van der Waals surface area contributed by atoms with Crippen molar-refractivity contribution in [3.8, 4) is 0 Å². The molecule has 0 bridgehead atoms. The molecule has 1 aliphatic carbocycles. The first kappa shape index (κ1) is 13.4. The van der Waals surface area contributed by atoms with Gasteiger partial charge in [-0.15, -0.1) is 11.3 Å². The van der Waals surface area contributed by atoms with Crippen LogP contribution in [0, 0.1) is 0 Å². The van der Waals surface area contributed by atoms with Gasteiger partial charge in [-0.2, -0.15) is 0 Å². The van der Waals surface area contributed by atoms with Gasteiger partial charge in [-0.05, 0) is 31.9 Å². The zero-order valence-electron chi connectivity index (χ0n) is 11.6. The average Bonchev–Trinajstić information content (AvgIpc) is 2.77. The molecule has 1 aliphatic rings. The van der Waals surface area contributed by atoms with E-state index in [0.29, 0.717) is 10.6 Å². The van der Waals surface area contributed by atoms with E-state index in [9.17, 15) is 4.79 Å². The molecule has 3 N–H and O–H groups in total. The highest BCUT2D eigenvalue weighted by Gasteiger charge is 2.30. The van der Waals surface area contributed by atoms with Gasteiger partial charge in [-0.1, -0.05) is 19.3 Å². The third-order valence-corrected chi connectivity index (χ3v) is 5.21. The molecule has 1 saturated carbocycles. The predicted octanol–water partition coefficient (Wildman–Crippen LogP) is 3.33. The van der Waals surface area contributed by atoms with Crippen molar-refractivity contribution in [3.05, 3.63) is 23.2 Å². The number of thiophene rings is 1. The predicted molar refractivity (Wildman–Crippen MR) is 83.0 cm³/mol. The number of carbonyl (C=O) groups is 1. The van der Waals surface area contributed by atoms with Crippen LogP contribution in [0.1, 0.15) is 48.7 Å². The average molecular weight is 289 g/mol. The minimum absolute atomic E-state index is 0.0603. The zero-order chi connectivity index (χ0) is 14.2. The molecule has 2 heterocycles. The van der Waals surface area contributed by atoms with Crippen LogP contribution in [0.15, 0.2) is 18.3 Å². The normalized spacial score (nSPS) is 18.1. The van der Waals surface area contributed by atoms with E-state index in [1.807, 2.05) is 12.1 Å². The van der Waals surface area contributed by atoms with E-state index in [0.717, 1.165) is 23.1 Å². The van der Waals surface area contributed by atoms with Crippen molar-refractivity contribution < 1.29 is 4.79 Å². The summed E-state index contributed by atoms with van der Waals surface area (Å²) in [5.74, 6) is -0.0603. The van der Waals surface area contributed by atoms with E-state index in [-0.39, 0.29) is 11.4 Å². The highest BCUT2D eigenvalue weighted by atomic mass is 32.1. The Labute approximate surface area is 122 Å². The van der Waals surface area contributed by atoms with E-state index in [1.54, 1.807) is 6.20 Å². The van der Waals surface area contributed by atoms with Gasteiger partial charge in [0.2, 0.25) is 0 Å². The molecule has 2 aromatic rings. The van der Waals surface area contributed by atoms with Gasteiger partial charge in [-0.3, -0.25) is 4.79 Å². The molecule has 2 aromatic heterocycles. The summed E-state index contributed by atoms with van der Waals surface area (Å²) >= 11 is 1.37. The number of nitrogen functional groups attached to an aromatic ring is 1. The Kier molecular flexibility index (Phi) is 3.38. The fraction of sp³-hybridized carbons (Fsp3) is 0.467. The molecule has 0 unspecified atom stereocenters. The van der Waals surface area contributed by atoms with Crippen LogP contribution in [-0.4, -0.2) is 16.4 Å². The summed E-state index contributed by atoms with van der Waals surface area (Å²) in [6.07, 6.45) is 7.44. The van der Waals surface area contributed by atoms with Gasteiger partial charge in [0.25, 0.3) is 5.91 Å². The first-order valence-corrected chi connectivity index (χ1v) is 7.86. The minimum atomic E-state index is -0.0919. The molecule has 1 fully saturated rings. The van der Waals surface area contributed by atoms with Crippen molar-refractivity contribution in [2.24, 2.45) is 0 Å². The van der Waals surface area contributed by atoms with Crippen molar-refractivity contribution in [3.63, 3.8) is 0 Å². The molecular formula is C15H19N3OS. The van der Waals surface area contributed by atoms with E-state index < -0.39 is 0 Å². The Balaban J connectivity index is 1.87. The summed E-state index contributed by atoms with van der Waals surface area (Å²) in [6, 6.07) is 3.75. The number of carbonyl (C=O) groups excluding carboxylic acids is 1. The SMILES string of the molecule is CC1(NC(=O)c2sc3ncccc3c2N)CCCCC1. The largest absolute Gasteiger partial charge is 0.397 e. The molecule has 0 aromatic carbocycles. The molecule has 0 saturated heterocycles. The van der Waals surface area contributed by atoms with Crippen molar-refractivity contribution in [1.29, 1.82) is 0 Å². The maximum Gasteiger partial charge on any atom is 0.263 e. The highest BCUT2D eigenvalue weighted by Crippen LogP contribution is 2.33. The Bertz CT molecular complexity index is 644. The van der Waals surface area contributed by atoms with Crippen LogP contribution in [0.5, 0.6) is 0 Å². The fourth-order valence-corrected chi connectivity index (χ4v) is 3.87. The second-order valence-electron chi connectivity index (χ2n) is 5.78. The van der Waals surface area contributed by atoms with Crippen LogP contribution in [0.3, 0.4) is 0 Å². The van der Waals surface area contributed by atoms with Gasteiger partial charge < -0.3 is 11.1 Å². The summed E-state index contributed by atoms with van der Waals surface area (Å²) in [5.41, 5.74) is 6.56. The van der Waals surface area contributed by atoms with Gasteiger partial charge >= 0.3 is 0 Å². The zero-order valence-corrected chi connectivity index (χ0v) is 12.4. The third kappa shape index (κ3) is 2.38. The van der Waals surface area contributed by atoms with Crippen LogP contribution >= 0.6 is 11.3 Å². The molecule has 4 nitrogen and oxygen atoms in total. The quantitative estimate of drug-likeness (QED) is 0.891. The number of nitrogens with one attached hydrogen (secondary N) is 1. The van der Waals surface area contributed by atoms with Crippen molar-refractivity contribution in [1.82, 2.24) is 10.3 Å². The second kappa shape index (κ2) is 5.05. The van der Waals surface area contributed by atoms with E-state index in [1.165, 1.54) is 30.6 Å². The summed E-state index contributed by atoms with van der Waals surface area (Å²) in [5, 5.41) is 4.05. The van der Waals surface area contributed by atoms with E-state index in [2.05, 4.69) is 17.2 Å². The molecule has 20 heavy (non-hydrogen) atoms. The van der Waals surface area contributed by atoms with Crippen LogP contribution < -0.4 is 11.1 Å². The smallest absolute Gasteiger partial charge is 0.263 e. The summed E-state index contributed by atoms with van der Waals surface area (Å²) in [7, 11) is 0. The van der Waals surface area contributed by atoms with E-state index in [4.69, 9.17) is 5.73 Å². The second-order valence-corrected chi connectivity index (χ2v) is 6.78. The topological polar surface area (TPSA) is 68.0 Å². The first-order valence-electron chi connectivity index (χ1n) is 7.05. The van der Waals surface area contributed by atoms with E-state index >= 15 is 0 Å². The fourth-order valence-electron chi connectivity index (χ4n) is 2.91. The lowest BCUT2D eigenvalue weighted by atomic mass is 9.83. The lowest BCUT2D eigenvalue weighted by Crippen LogP contribution is -2.47. The Morgan fingerprint density at radius 1 is 1.40 bits per heavy atom. The molecule has 5 heteroatoms. The summed E-state index contributed by atoms with van der Waals surface area (Å²) in [4.78, 5) is 18.2. The highest BCUT2D eigenvalue weighted by molar-refractivity contribution is 7.21. The maximum absolute atomic E-state index is 12.5. The number of nitrogens with two attached hydrogens (primary N) is 1. The monoisotopic (exact) mass is 289 g/mol. The molecule has 1 amide bonds. The lowest BCUT2D eigenvalue weighted by Gasteiger charge is -2.34. The Morgan fingerprint density at radius 2 is 2.15 bits per heavy atom. The van der Waals surface area contributed by atoms with Crippen LogP contribution in [0.2, 0.25) is 0 Å². The molecule has 0 aliphatic heterocycles. The Morgan fingerprint density at radius 3 is 2.85 bits per heavy atom. The number of amides is 1. The van der Waals surface area contributed by atoms with Crippen molar-refractivity contribution in [2.75, 3.05) is 5.73 Å². The molecule has 0 radical (unpaired) electrons. The number of fused-ring (bicyclic) bond motifs is 1. The van der Waals surface area contributed by atoms with Crippen molar-refractivity contribution >= 4 is 33.1 Å². The lowest BCUT2D eigenvalue weighted by molar-refractivity contribution is 0.0888. The number of rotatable bonds is 2. The molecule has 3 rings (SSSR count). The number of pyridine rings is 1. The number of hydrogen-bond acceptors (Lipinski definition) is 4. The number of anilines is 1. The van der Waals surface area contributed by atoms with Crippen LogP contribution in [-0.2, 0) is 0 Å². The first-order chi connectivity index (χ1) is 9.59. The van der Waals surface area contributed by atoms with Gasteiger partial charge in [0.05, 0.1) is 5.69 Å². The molecule has 0 atom stereocenters. The van der Waals surface area contributed by atoms with Gasteiger partial charge in [0, 0.05) is 17.1 Å². The van der Waals surface area contributed by atoms with Gasteiger partial charge in [0.1, 0.15) is 9.71 Å². The standard InChI is InChI=1S/C15H19N3OS/c1-15(7-3-2-4-8-15)18-13(19)12-11(16)10-6-5-9-17-14(10)20-12/h5-6,9H,2-4,7-8,16H2,1H3,(H,18,19). The van der Waals surface area contributed by atoms with Gasteiger partial charge in [0.15, 0.2) is 0 Å². The maximum atomic E-state index is 12.5. The molecule has 0 spiro atoms. The number of aromatic nitrogens is 1. The molecule has 106 valence electrons. The van der Waals surface area contributed by atoms with Crippen molar-refractivity contribution in [2.45, 2.75) is 44.6 Å². The van der Waals surface area contributed by atoms with Crippen LogP contribution in [0.25, 0.3) is 10.2 Å². The van der Waals surface area contributed by atoms with Gasteiger partial charge in [-0.25, -0.2) is 4.98 Å².